The molecule has 0 bridgehead atoms. The molecular weight excluding hydrogens is 345 g/mol. The molecule has 2 amide bonds. The standard InChI is InChI=1S/C18H13ClFN3O2/c1-10-15(9-12-8-14(20)5-6-16(12)21-10)18(25)23-22-17(24)11-3-2-4-13(19)7-11/h2-9H,1H3,(H,22,24)(H,23,25). The quantitative estimate of drug-likeness (QED) is 0.690. The molecule has 0 saturated carbocycles. The molecule has 0 spiro atoms. The van der Waals surface area contributed by atoms with Gasteiger partial charge in [0.05, 0.1) is 16.8 Å². The Balaban J connectivity index is 1.78. The first kappa shape index (κ1) is 16.9. The molecule has 126 valence electrons. The number of halogens is 2. The number of carbonyl (C=O) groups excluding carboxylic acids is 2. The highest BCUT2D eigenvalue weighted by Crippen LogP contribution is 2.17. The van der Waals surface area contributed by atoms with Crippen LogP contribution in [0.4, 0.5) is 4.39 Å². The second kappa shape index (κ2) is 6.86. The number of benzene rings is 2. The molecule has 5 nitrogen and oxygen atoms in total. The molecule has 25 heavy (non-hydrogen) atoms. The van der Waals surface area contributed by atoms with Gasteiger partial charge in [-0.1, -0.05) is 17.7 Å². The fourth-order valence-corrected chi connectivity index (χ4v) is 2.55. The molecule has 3 rings (SSSR count). The lowest BCUT2D eigenvalue weighted by Crippen LogP contribution is -2.41. The monoisotopic (exact) mass is 357 g/mol. The number of nitrogens with one attached hydrogen (secondary N) is 2. The predicted octanol–water partition coefficient (Wildman–Crippen LogP) is 3.41. The van der Waals surface area contributed by atoms with Crippen molar-refractivity contribution in [2.75, 3.05) is 0 Å². The Morgan fingerprint density at radius 2 is 1.80 bits per heavy atom. The SMILES string of the molecule is Cc1nc2ccc(F)cc2cc1C(=O)NNC(=O)c1cccc(Cl)c1. The molecule has 0 fully saturated rings. The molecule has 0 radical (unpaired) electrons. The average Bonchev–Trinajstić information content (AvgIpc) is 2.59. The molecule has 1 aromatic heterocycles. The summed E-state index contributed by atoms with van der Waals surface area (Å²) >= 11 is 5.83. The van der Waals surface area contributed by atoms with Gasteiger partial charge in [0.25, 0.3) is 11.8 Å². The molecule has 0 aliphatic carbocycles. The summed E-state index contributed by atoms with van der Waals surface area (Å²) in [4.78, 5) is 28.6. The minimum absolute atomic E-state index is 0.240. The van der Waals surface area contributed by atoms with E-state index < -0.39 is 17.6 Å². The number of aryl methyl sites for hydroxylation is 1. The van der Waals surface area contributed by atoms with Gasteiger partial charge in [-0.2, -0.15) is 0 Å². The molecule has 0 unspecified atom stereocenters. The average molecular weight is 358 g/mol. The highest BCUT2D eigenvalue weighted by molar-refractivity contribution is 6.31. The fraction of sp³-hybridized carbons (Fsp3) is 0.0556. The minimum Gasteiger partial charge on any atom is -0.267 e. The summed E-state index contributed by atoms with van der Waals surface area (Å²) < 4.78 is 13.3. The first-order chi connectivity index (χ1) is 11.9. The van der Waals surface area contributed by atoms with Crippen molar-refractivity contribution in [3.05, 3.63) is 76.2 Å². The number of hydrazine groups is 1. The summed E-state index contributed by atoms with van der Waals surface area (Å²) in [5.41, 5.74) is 6.23. The van der Waals surface area contributed by atoms with Gasteiger partial charge < -0.3 is 0 Å². The summed E-state index contributed by atoms with van der Waals surface area (Å²) in [7, 11) is 0. The fourth-order valence-electron chi connectivity index (χ4n) is 2.36. The van der Waals surface area contributed by atoms with Gasteiger partial charge in [0, 0.05) is 16.0 Å². The van der Waals surface area contributed by atoms with Gasteiger partial charge in [0.1, 0.15) is 5.82 Å². The zero-order valence-corrected chi connectivity index (χ0v) is 13.9. The van der Waals surface area contributed by atoms with Crippen molar-refractivity contribution < 1.29 is 14.0 Å². The van der Waals surface area contributed by atoms with Crippen molar-refractivity contribution in [2.24, 2.45) is 0 Å². The number of nitrogens with zero attached hydrogens (tertiary/aromatic N) is 1. The van der Waals surface area contributed by atoms with Gasteiger partial charge in [-0.05, 0) is 49.4 Å². The van der Waals surface area contributed by atoms with E-state index in [9.17, 15) is 14.0 Å². The Labute approximate surface area is 147 Å². The number of carbonyl (C=O) groups is 2. The van der Waals surface area contributed by atoms with Crippen molar-refractivity contribution in [3.8, 4) is 0 Å². The molecule has 0 atom stereocenters. The Bertz CT molecular complexity index is 991. The van der Waals surface area contributed by atoms with Crippen LogP contribution in [-0.4, -0.2) is 16.8 Å². The van der Waals surface area contributed by atoms with Crippen LogP contribution in [0.5, 0.6) is 0 Å². The Morgan fingerprint density at radius 3 is 2.56 bits per heavy atom. The molecule has 3 aromatic rings. The third kappa shape index (κ3) is 3.75. The number of aromatic nitrogens is 1. The van der Waals surface area contributed by atoms with Gasteiger partial charge in [0.2, 0.25) is 0 Å². The van der Waals surface area contributed by atoms with E-state index >= 15 is 0 Å². The first-order valence-electron chi connectivity index (χ1n) is 7.37. The zero-order chi connectivity index (χ0) is 18.0. The van der Waals surface area contributed by atoms with E-state index in [0.29, 0.717) is 27.2 Å². The van der Waals surface area contributed by atoms with E-state index in [4.69, 9.17) is 11.6 Å². The minimum atomic E-state index is -0.550. The summed E-state index contributed by atoms with van der Waals surface area (Å²) in [6.07, 6.45) is 0. The topological polar surface area (TPSA) is 71.1 Å². The van der Waals surface area contributed by atoms with E-state index in [1.54, 1.807) is 31.2 Å². The maximum atomic E-state index is 13.3. The van der Waals surface area contributed by atoms with Crippen LogP contribution in [0.15, 0.2) is 48.5 Å². The second-order valence-corrected chi connectivity index (χ2v) is 5.81. The summed E-state index contributed by atoms with van der Waals surface area (Å²) in [5.74, 6) is -1.47. The number of rotatable bonds is 2. The van der Waals surface area contributed by atoms with Crippen LogP contribution in [0.1, 0.15) is 26.4 Å². The molecule has 1 heterocycles. The van der Waals surface area contributed by atoms with Crippen LogP contribution in [0.2, 0.25) is 5.02 Å². The third-order valence-corrected chi connectivity index (χ3v) is 3.82. The lowest BCUT2D eigenvalue weighted by Gasteiger charge is -2.10. The molecule has 0 aliphatic heterocycles. The highest BCUT2D eigenvalue weighted by atomic mass is 35.5. The van der Waals surface area contributed by atoms with Gasteiger partial charge in [-0.3, -0.25) is 25.4 Å². The van der Waals surface area contributed by atoms with Crippen LogP contribution in [0, 0.1) is 12.7 Å². The van der Waals surface area contributed by atoms with E-state index in [-0.39, 0.29) is 5.56 Å². The normalized spacial score (nSPS) is 10.5. The number of hydrogen-bond acceptors (Lipinski definition) is 3. The maximum Gasteiger partial charge on any atom is 0.271 e. The van der Waals surface area contributed by atoms with Crippen molar-refractivity contribution in [2.45, 2.75) is 6.92 Å². The van der Waals surface area contributed by atoms with Crippen molar-refractivity contribution in [1.29, 1.82) is 0 Å². The Kier molecular flexibility index (Phi) is 4.63. The van der Waals surface area contributed by atoms with Crippen molar-refractivity contribution in [1.82, 2.24) is 15.8 Å². The molecule has 0 saturated heterocycles. The second-order valence-electron chi connectivity index (χ2n) is 5.38. The lowest BCUT2D eigenvalue weighted by atomic mass is 10.1. The molecule has 2 N–H and O–H groups in total. The molecule has 0 aliphatic rings. The molecule has 7 heteroatoms. The van der Waals surface area contributed by atoms with Gasteiger partial charge in [0.15, 0.2) is 0 Å². The number of pyridine rings is 1. The van der Waals surface area contributed by atoms with Gasteiger partial charge >= 0.3 is 0 Å². The zero-order valence-electron chi connectivity index (χ0n) is 13.1. The van der Waals surface area contributed by atoms with Crippen LogP contribution >= 0.6 is 11.6 Å². The van der Waals surface area contributed by atoms with Crippen LogP contribution in [-0.2, 0) is 0 Å². The van der Waals surface area contributed by atoms with Gasteiger partial charge in [-0.15, -0.1) is 0 Å². The Morgan fingerprint density at radius 1 is 1.04 bits per heavy atom. The number of amides is 2. The molecular formula is C18H13ClFN3O2. The number of fused-ring (bicyclic) bond motifs is 1. The molecule has 2 aromatic carbocycles. The lowest BCUT2D eigenvalue weighted by molar-refractivity contribution is 0.0846. The first-order valence-corrected chi connectivity index (χ1v) is 7.75. The number of hydrogen-bond donors (Lipinski definition) is 2. The van der Waals surface area contributed by atoms with Crippen LogP contribution in [0.3, 0.4) is 0 Å². The van der Waals surface area contributed by atoms with Gasteiger partial charge in [-0.25, -0.2) is 4.39 Å². The smallest absolute Gasteiger partial charge is 0.267 e. The Hall–Kier alpha value is -2.99. The summed E-state index contributed by atoms with van der Waals surface area (Å²) in [6.45, 7) is 1.66. The van der Waals surface area contributed by atoms with Crippen molar-refractivity contribution >= 4 is 34.3 Å². The van der Waals surface area contributed by atoms with E-state index in [2.05, 4.69) is 15.8 Å². The van der Waals surface area contributed by atoms with Crippen molar-refractivity contribution in [3.63, 3.8) is 0 Å². The van der Waals surface area contributed by atoms with Crippen LogP contribution < -0.4 is 10.9 Å². The van der Waals surface area contributed by atoms with E-state index in [1.807, 2.05) is 0 Å². The van der Waals surface area contributed by atoms with E-state index in [1.165, 1.54) is 24.3 Å². The summed E-state index contributed by atoms with van der Waals surface area (Å²) in [5, 5.41) is 0.910. The third-order valence-electron chi connectivity index (χ3n) is 3.59. The van der Waals surface area contributed by atoms with E-state index in [0.717, 1.165) is 0 Å². The van der Waals surface area contributed by atoms with Crippen LogP contribution in [0.25, 0.3) is 10.9 Å². The maximum absolute atomic E-state index is 13.3. The largest absolute Gasteiger partial charge is 0.271 e. The predicted molar refractivity (Wildman–Crippen MR) is 92.8 cm³/mol. The highest BCUT2D eigenvalue weighted by Gasteiger charge is 2.14. The summed E-state index contributed by atoms with van der Waals surface area (Å²) in [6, 6.07) is 12.0.